The van der Waals surface area contributed by atoms with Crippen molar-refractivity contribution in [2.75, 3.05) is 32.6 Å². The van der Waals surface area contributed by atoms with Crippen molar-refractivity contribution in [3.8, 4) is 0 Å². The molecule has 36 heavy (non-hydrogen) atoms. The molecule has 10 nitrogen and oxygen atoms in total. The maximum absolute atomic E-state index is 13.0. The minimum atomic E-state index is -0.847. The molecule has 1 aromatic rings. The molecule has 2 amide bonds. The van der Waals surface area contributed by atoms with Crippen LogP contribution in [0.2, 0.25) is 0 Å². The van der Waals surface area contributed by atoms with Gasteiger partial charge in [0.1, 0.15) is 5.70 Å². The second-order valence-corrected chi connectivity index (χ2v) is 10.5. The summed E-state index contributed by atoms with van der Waals surface area (Å²) in [4.78, 5) is 52.5. The Labute approximate surface area is 214 Å². The lowest BCUT2D eigenvalue weighted by atomic mass is 10.0. The normalized spacial score (nSPS) is 23.3. The number of esters is 2. The zero-order chi connectivity index (χ0) is 26.6. The molecule has 0 radical (unpaired) electrons. The summed E-state index contributed by atoms with van der Waals surface area (Å²) >= 11 is 1.50. The summed E-state index contributed by atoms with van der Waals surface area (Å²) < 4.78 is 9.71. The zero-order valence-electron chi connectivity index (χ0n) is 21.1. The lowest BCUT2D eigenvalue weighted by Crippen LogP contribution is -2.89. The number of benzene rings is 1. The van der Waals surface area contributed by atoms with Crippen LogP contribution in [0.3, 0.4) is 0 Å². The van der Waals surface area contributed by atoms with Gasteiger partial charge in [0.2, 0.25) is 5.91 Å². The number of carbonyl (C=O) groups is 4. The third kappa shape index (κ3) is 6.08. The molecule has 11 heteroatoms. The molecule has 1 saturated heterocycles. The maximum Gasteiger partial charge on any atom is 0.355 e. The Bertz CT molecular complexity index is 1060. The molecular formula is C25H34N3O7S+. The lowest BCUT2D eigenvalue weighted by Gasteiger charge is -2.24. The fourth-order valence-corrected chi connectivity index (χ4v) is 5.79. The Morgan fingerprint density at radius 2 is 1.86 bits per heavy atom. The zero-order valence-corrected chi connectivity index (χ0v) is 22.0. The Morgan fingerprint density at radius 1 is 1.17 bits per heavy atom. The number of thioether (sulfide) groups is 1. The highest BCUT2D eigenvalue weighted by molar-refractivity contribution is 8.03. The Kier molecular flexibility index (Phi) is 9.15. The topological polar surface area (TPSA) is 139 Å². The van der Waals surface area contributed by atoms with Crippen molar-refractivity contribution in [2.45, 2.75) is 44.6 Å². The van der Waals surface area contributed by atoms with Gasteiger partial charge >= 0.3 is 11.9 Å². The van der Waals surface area contributed by atoms with E-state index >= 15 is 0 Å². The lowest BCUT2D eigenvalue weighted by molar-refractivity contribution is -0.656. The first-order valence-corrected chi connectivity index (χ1v) is 12.8. The summed E-state index contributed by atoms with van der Waals surface area (Å²) in [5, 5.41) is 14.7. The Hall–Kier alpha value is -2.89. The first-order chi connectivity index (χ1) is 17.1. The van der Waals surface area contributed by atoms with Gasteiger partial charge in [-0.15, -0.1) is 11.8 Å². The number of aliphatic hydroxyl groups is 1. The van der Waals surface area contributed by atoms with Crippen LogP contribution >= 0.6 is 11.8 Å². The van der Waals surface area contributed by atoms with E-state index < -0.39 is 24.0 Å². The summed E-state index contributed by atoms with van der Waals surface area (Å²) in [6.45, 7) is 6.12. The van der Waals surface area contributed by atoms with Crippen molar-refractivity contribution < 1.29 is 39.1 Å². The van der Waals surface area contributed by atoms with Crippen molar-refractivity contribution in [1.82, 2.24) is 4.90 Å². The van der Waals surface area contributed by atoms with E-state index in [1.165, 1.54) is 30.9 Å². The summed E-state index contributed by atoms with van der Waals surface area (Å²) in [6, 6.07) is 6.22. The number of carbonyl (C=O) groups excluding carboxylic acids is 4. The molecule has 2 aliphatic heterocycles. The number of ether oxygens (including phenoxy) is 2. The average Bonchev–Trinajstić information content (AvgIpc) is 3.47. The number of hydrogen-bond donors (Lipinski definition) is 3. The molecule has 0 spiro atoms. The van der Waals surface area contributed by atoms with E-state index in [4.69, 9.17) is 9.47 Å². The standard InChI is InChI=1S/C25H33N3O7S/c1-13-12-28(23(31)14(2)15(3)29)20(25(33)35-5)21(13)36-18-10-19(26-11-18)22(30)27-17-8-6-7-16(9-17)24(32)34-4/h6-9,13-15,18-19,26,29H,10-12H2,1-5H3,(H,27,30)/p+1. The van der Waals surface area contributed by atoms with Crippen LogP contribution in [0, 0.1) is 11.8 Å². The highest BCUT2D eigenvalue weighted by atomic mass is 32.2. The van der Waals surface area contributed by atoms with E-state index in [0.29, 0.717) is 30.8 Å². The predicted molar refractivity (Wildman–Crippen MR) is 134 cm³/mol. The van der Waals surface area contributed by atoms with Gasteiger partial charge in [0, 0.05) is 29.5 Å². The highest BCUT2D eigenvalue weighted by Gasteiger charge is 2.42. The molecule has 0 aromatic heterocycles. The van der Waals surface area contributed by atoms with E-state index in [1.807, 2.05) is 12.2 Å². The first-order valence-electron chi connectivity index (χ1n) is 11.9. The number of methoxy groups -OCH3 is 2. The quantitative estimate of drug-likeness (QED) is 0.427. The number of amides is 2. The average molecular weight is 521 g/mol. The third-order valence-corrected chi connectivity index (χ3v) is 8.12. The second kappa shape index (κ2) is 11.9. The fourth-order valence-electron chi connectivity index (χ4n) is 4.30. The van der Waals surface area contributed by atoms with Crippen LogP contribution < -0.4 is 10.6 Å². The van der Waals surface area contributed by atoms with Gasteiger partial charge in [0.25, 0.3) is 5.91 Å². The fraction of sp³-hybridized carbons (Fsp3) is 0.520. The monoisotopic (exact) mass is 520 g/mol. The molecule has 2 aliphatic rings. The number of nitrogens with two attached hydrogens (primary N) is 1. The number of rotatable bonds is 8. The van der Waals surface area contributed by atoms with Crippen LogP contribution in [0.15, 0.2) is 34.9 Å². The SMILES string of the molecule is COC(=O)C1=C(SC2C[NH2+]C(C(=O)Nc3cccc(C(=O)OC)c3)C2)C(C)CN1C(=O)C(C)C(C)O. The van der Waals surface area contributed by atoms with E-state index in [-0.39, 0.29) is 34.7 Å². The highest BCUT2D eigenvalue weighted by Crippen LogP contribution is 2.41. The van der Waals surface area contributed by atoms with Gasteiger partial charge in [0.15, 0.2) is 6.04 Å². The van der Waals surface area contributed by atoms with E-state index in [1.54, 1.807) is 38.1 Å². The molecule has 0 aliphatic carbocycles. The minimum Gasteiger partial charge on any atom is -0.465 e. The maximum atomic E-state index is 13.0. The molecule has 1 aromatic carbocycles. The third-order valence-electron chi connectivity index (χ3n) is 6.55. The van der Waals surface area contributed by atoms with Crippen LogP contribution in [0.1, 0.15) is 37.6 Å². The summed E-state index contributed by atoms with van der Waals surface area (Å²) in [7, 11) is 2.58. The van der Waals surface area contributed by atoms with Gasteiger partial charge in [-0.25, -0.2) is 9.59 Å². The van der Waals surface area contributed by atoms with Crippen LogP contribution in [0.25, 0.3) is 0 Å². The van der Waals surface area contributed by atoms with Crippen LogP contribution in [0.4, 0.5) is 5.69 Å². The van der Waals surface area contributed by atoms with Gasteiger partial charge in [0.05, 0.1) is 43.6 Å². The van der Waals surface area contributed by atoms with Crippen molar-refractivity contribution in [3.05, 3.63) is 40.4 Å². The van der Waals surface area contributed by atoms with E-state index in [0.717, 1.165) is 4.91 Å². The number of anilines is 1. The van der Waals surface area contributed by atoms with Crippen molar-refractivity contribution in [1.29, 1.82) is 0 Å². The second-order valence-electron chi connectivity index (χ2n) is 9.20. The van der Waals surface area contributed by atoms with Gasteiger partial charge in [-0.3, -0.25) is 9.59 Å². The molecule has 2 heterocycles. The Balaban J connectivity index is 1.71. The number of nitrogens with one attached hydrogen (secondary N) is 1. The number of quaternary nitrogens is 1. The minimum absolute atomic E-state index is 0.0449. The Morgan fingerprint density at radius 3 is 2.50 bits per heavy atom. The smallest absolute Gasteiger partial charge is 0.355 e. The summed E-state index contributed by atoms with van der Waals surface area (Å²) in [6.07, 6.45) is -0.281. The van der Waals surface area contributed by atoms with E-state index in [2.05, 4.69) is 5.32 Å². The number of hydrogen-bond acceptors (Lipinski definition) is 8. The summed E-state index contributed by atoms with van der Waals surface area (Å²) in [5.41, 5.74) is 1.08. The van der Waals surface area contributed by atoms with Crippen LogP contribution in [-0.2, 0) is 23.9 Å². The molecule has 4 N–H and O–H groups in total. The number of aliphatic hydroxyl groups excluding tert-OH is 1. The van der Waals surface area contributed by atoms with Gasteiger partial charge in [-0.1, -0.05) is 19.9 Å². The van der Waals surface area contributed by atoms with Crippen molar-refractivity contribution in [3.63, 3.8) is 0 Å². The molecule has 0 bridgehead atoms. The summed E-state index contributed by atoms with van der Waals surface area (Å²) in [5.74, 6) is -2.31. The van der Waals surface area contributed by atoms with Gasteiger partial charge in [-0.05, 0) is 25.1 Å². The van der Waals surface area contributed by atoms with Crippen molar-refractivity contribution >= 4 is 41.2 Å². The van der Waals surface area contributed by atoms with Gasteiger partial charge in [-0.2, -0.15) is 0 Å². The molecule has 0 saturated carbocycles. The number of nitrogens with zero attached hydrogens (tertiary/aromatic N) is 1. The van der Waals surface area contributed by atoms with Crippen LogP contribution in [-0.4, -0.2) is 78.5 Å². The first kappa shape index (κ1) is 27.7. The largest absolute Gasteiger partial charge is 0.465 e. The molecular weight excluding hydrogens is 486 g/mol. The molecule has 5 unspecified atom stereocenters. The molecule has 196 valence electrons. The molecule has 3 rings (SSSR count). The van der Waals surface area contributed by atoms with Gasteiger partial charge < -0.3 is 30.1 Å². The predicted octanol–water partition coefficient (Wildman–Crippen LogP) is 0.729. The van der Waals surface area contributed by atoms with E-state index in [9.17, 15) is 24.3 Å². The van der Waals surface area contributed by atoms with Crippen molar-refractivity contribution in [2.24, 2.45) is 11.8 Å². The molecule has 1 fully saturated rings. The van der Waals surface area contributed by atoms with Crippen LogP contribution in [0.5, 0.6) is 0 Å². The molecule has 5 atom stereocenters.